The van der Waals surface area contributed by atoms with Gasteiger partial charge in [0.25, 0.3) is 11.2 Å². The summed E-state index contributed by atoms with van der Waals surface area (Å²) >= 11 is 3.11. The maximum absolute atomic E-state index is 11.7. The quantitative estimate of drug-likeness (QED) is 0.840. The van der Waals surface area contributed by atoms with Crippen molar-refractivity contribution >= 4 is 21.6 Å². The van der Waals surface area contributed by atoms with Gasteiger partial charge in [-0.15, -0.1) is 0 Å². The molecule has 15 heavy (non-hydrogen) atoms. The third kappa shape index (κ3) is 2.39. The predicted octanol–water partition coefficient (Wildman–Crippen LogP) is 2.52. The smallest absolute Gasteiger partial charge is 0.292 e. The van der Waals surface area contributed by atoms with E-state index in [-0.39, 0.29) is 11.4 Å². The summed E-state index contributed by atoms with van der Waals surface area (Å²) in [5, 5.41) is 9.46. The Bertz CT molecular complexity index is 472. The average Bonchev–Trinajstić information content (AvgIpc) is 2.14. The van der Waals surface area contributed by atoms with E-state index in [1.54, 1.807) is 0 Å². The lowest BCUT2D eigenvalue weighted by atomic mass is 10.2. The van der Waals surface area contributed by atoms with Crippen LogP contribution in [0.2, 0.25) is 0 Å². The van der Waals surface area contributed by atoms with Crippen LogP contribution >= 0.6 is 15.9 Å². The zero-order chi connectivity index (χ0) is 11.6. The lowest BCUT2D eigenvalue weighted by Crippen LogP contribution is -2.21. The van der Waals surface area contributed by atoms with E-state index in [4.69, 9.17) is 6.57 Å². The SMILES string of the molecule is [C-]#[N+]c1c(O)c(Br)cn(CC(C)C)c1=O. The summed E-state index contributed by atoms with van der Waals surface area (Å²) < 4.78 is 1.80. The molecule has 0 saturated carbocycles. The molecule has 0 aliphatic carbocycles. The van der Waals surface area contributed by atoms with Crippen molar-refractivity contribution in [1.29, 1.82) is 0 Å². The van der Waals surface area contributed by atoms with Gasteiger partial charge in [-0.1, -0.05) is 13.8 Å². The second kappa shape index (κ2) is 4.49. The molecule has 0 radical (unpaired) electrons. The number of aromatic nitrogens is 1. The summed E-state index contributed by atoms with van der Waals surface area (Å²) in [6.07, 6.45) is 1.51. The molecule has 0 aromatic carbocycles. The molecule has 0 aliphatic rings. The largest absolute Gasteiger partial charge is 0.518 e. The van der Waals surface area contributed by atoms with Gasteiger partial charge in [0.2, 0.25) is 0 Å². The van der Waals surface area contributed by atoms with Gasteiger partial charge in [0, 0.05) is 12.7 Å². The normalized spacial score (nSPS) is 10.3. The van der Waals surface area contributed by atoms with Gasteiger partial charge in [-0.25, -0.2) is 4.85 Å². The topological polar surface area (TPSA) is 46.6 Å². The second-order valence-corrected chi connectivity index (χ2v) is 4.49. The number of nitrogens with zero attached hydrogens (tertiary/aromatic N) is 2. The van der Waals surface area contributed by atoms with Crippen LogP contribution in [0.4, 0.5) is 5.69 Å². The molecule has 1 aromatic heterocycles. The second-order valence-electron chi connectivity index (χ2n) is 3.64. The van der Waals surface area contributed by atoms with Crippen LogP contribution in [-0.4, -0.2) is 9.67 Å². The standard InChI is InChI=1S/C10H11BrN2O2/c1-6(2)4-13-5-7(11)9(14)8(12-3)10(13)15/h5-6,14H,4H2,1-2H3. The first-order valence-corrected chi connectivity index (χ1v) is 5.26. The van der Waals surface area contributed by atoms with E-state index in [2.05, 4.69) is 20.8 Å². The van der Waals surface area contributed by atoms with E-state index < -0.39 is 5.56 Å². The fourth-order valence-corrected chi connectivity index (χ4v) is 1.67. The first-order valence-electron chi connectivity index (χ1n) is 4.46. The Hall–Kier alpha value is -1.28. The van der Waals surface area contributed by atoms with Crippen LogP contribution < -0.4 is 5.56 Å². The van der Waals surface area contributed by atoms with Crippen LogP contribution in [0.5, 0.6) is 5.75 Å². The van der Waals surface area contributed by atoms with Crippen LogP contribution in [0.15, 0.2) is 15.5 Å². The van der Waals surface area contributed by atoms with Crippen molar-refractivity contribution in [3.05, 3.63) is 32.4 Å². The number of halogens is 1. The molecule has 0 atom stereocenters. The fraction of sp³-hybridized carbons (Fsp3) is 0.400. The molecule has 1 rings (SSSR count). The van der Waals surface area contributed by atoms with Crippen LogP contribution in [0.3, 0.4) is 0 Å². The number of rotatable bonds is 2. The predicted molar refractivity (Wildman–Crippen MR) is 61.2 cm³/mol. The summed E-state index contributed by atoms with van der Waals surface area (Å²) in [5.74, 6) is 0.0210. The molecule has 1 heterocycles. The molecule has 0 unspecified atom stereocenters. The van der Waals surface area contributed by atoms with Crippen LogP contribution in [0.25, 0.3) is 4.85 Å². The minimum atomic E-state index is -0.445. The fourth-order valence-electron chi connectivity index (χ4n) is 1.24. The molecule has 1 aromatic rings. The first kappa shape index (κ1) is 11.8. The monoisotopic (exact) mass is 270 g/mol. The molecular weight excluding hydrogens is 260 g/mol. The van der Waals surface area contributed by atoms with E-state index in [9.17, 15) is 9.90 Å². The van der Waals surface area contributed by atoms with Gasteiger partial charge in [0.1, 0.15) is 5.75 Å². The Morgan fingerprint density at radius 1 is 1.67 bits per heavy atom. The Morgan fingerprint density at radius 3 is 2.73 bits per heavy atom. The minimum Gasteiger partial charge on any atom is -0.518 e. The molecule has 1 N–H and O–H groups in total. The highest BCUT2D eigenvalue weighted by Gasteiger charge is 2.14. The summed E-state index contributed by atoms with van der Waals surface area (Å²) in [5.41, 5.74) is -0.676. The Morgan fingerprint density at radius 2 is 2.27 bits per heavy atom. The molecule has 0 bridgehead atoms. The first-order chi connectivity index (χ1) is 6.97. The summed E-state index contributed by atoms with van der Waals surface area (Å²) in [6.45, 7) is 11.3. The number of aromatic hydroxyl groups is 1. The molecular formula is C10H11BrN2O2. The molecule has 80 valence electrons. The van der Waals surface area contributed by atoms with Gasteiger partial charge in [-0.3, -0.25) is 4.79 Å². The third-order valence-electron chi connectivity index (χ3n) is 1.86. The average molecular weight is 271 g/mol. The van der Waals surface area contributed by atoms with Crippen LogP contribution in [0.1, 0.15) is 13.8 Å². The van der Waals surface area contributed by atoms with Crippen LogP contribution in [0, 0.1) is 12.5 Å². The molecule has 4 nitrogen and oxygen atoms in total. The van der Waals surface area contributed by atoms with Gasteiger partial charge in [-0.05, 0) is 21.8 Å². The van der Waals surface area contributed by atoms with Gasteiger partial charge in [0.15, 0.2) is 0 Å². The van der Waals surface area contributed by atoms with E-state index >= 15 is 0 Å². The molecule has 0 aliphatic heterocycles. The van der Waals surface area contributed by atoms with Crippen molar-refractivity contribution < 1.29 is 5.11 Å². The number of pyridine rings is 1. The van der Waals surface area contributed by atoms with E-state index in [0.717, 1.165) is 0 Å². The molecule has 0 fully saturated rings. The van der Waals surface area contributed by atoms with Crippen molar-refractivity contribution in [3.8, 4) is 5.75 Å². The van der Waals surface area contributed by atoms with Gasteiger partial charge >= 0.3 is 0 Å². The van der Waals surface area contributed by atoms with Gasteiger partial charge in [-0.2, -0.15) is 0 Å². The summed E-state index contributed by atoms with van der Waals surface area (Å²) in [7, 11) is 0. The zero-order valence-electron chi connectivity index (χ0n) is 8.49. The minimum absolute atomic E-state index is 0.231. The Labute approximate surface area is 96.1 Å². The van der Waals surface area contributed by atoms with E-state index in [1.807, 2.05) is 13.8 Å². The molecule has 0 spiro atoms. The zero-order valence-corrected chi connectivity index (χ0v) is 10.1. The van der Waals surface area contributed by atoms with Crippen molar-refractivity contribution in [2.24, 2.45) is 5.92 Å². The number of hydrogen-bond acceptors (Lipinski definition) is 2. The maximum atomic E-state index is 11.7. The van der Waals surface area contributed by atoms with Gasteiger partial charge in [0.05, 0.1) is 11.0 Å². The summed E-state index contributed by atoms with van der Waals surface area (Å²) in [4.78, 5) is 14.7. The Kier molecular flexibility index (Phi) is 3.53. The van der Waals surface area contributed by atoms with Crippen molar-refractivity contribution in [1.82, 2.24) is 4.57 Å². The highest BCUT2D eigenvalue weighted by molar-refractivity contribution is 9.10. The van der Waals surface area contributed by atoms with E-state index in [0.29, 0.717) is 16.9 Å². The van der Waals surface area contributed by atoms with Gasteiger partial charge < -0.3 is 9.67 Å². The van der Waals surface area contributed by atoms with Crippen molar-refractivity contribution in [2.75, 3.05) is 0 Å². The molecule has 0 amide bonds. The van der Waals surface area contributed by atoms with Crippen molar-refractivity contribution in [3.63, 3.8) is 0 Å². The summed E-state index contributed by atoms with van der Waals surface area (Å²) in [6, 6.07) is 0. The highest BCUT2D eigenvalue weighted by atomic mass is 79.9. The third-order valence-corrected chi connectivity index (χ3v) is 2.44. The maximum Gasteiger partial charge on any atom is 0.292 e. The Balaban J connectivity index is 3.39. The van der Waals surface area contributed by atoms with E-state index in [1.165, 1.54) is 10.8 Å². The lowest BCUT2D eigenvalue weighted by molar-refractivity contribution is 0.463. The van der Waals surface area contributed by atoms with Crippen molar-refractivity contribution in [2.45, 2.75) is 20.4 Å². The highest BCUT2D eigenvalue weighted by Crippen LogP contribution is 2.30. The molecule has 5 heteroatoms. The lowest BCUT2D eigenvalue weighted by Gasteiger charge is -2.10. The van der Waals surface area contributed by atoms with Crippen LogP contribution in [-0.2, 0) is 6.54 Å². The number of hydrogen-bond donors (Lipinski definition) is 1. The molecule has 0 saturated heterocycles.